The number of nitrogens with zero attached hydrogens (tertiary/aromatic N) is 3. The van der Waals surface area contributed by atoms with E-state index in [0.717, 1.165) is 0 Å². The standard InChI is InChI=1S/C12H15F4N3/c1-6-4-19(5-7(2)18(6)3)10-8(13)11(15)17-12(16)9(10)14/h6-7H,4-5H2,1-3H3. The predicted octanol–water partition coefficient (Wildman–Crippen LogP) is 2.17. The normalized spacial score (nSPS) is 24.9. The van der Waals surface area contributed by atoms with E-state index in [4.69, 9.17) is 0 Å². The number of likely N-dealkylation sites (N-methyl/N-ethyl adjacent to an activating group) is 1. The number of pyridine rings is 1. The fraction of sp³-hybridized carbons (Fsp3) is 0.583. The van der Waals surface area contributed by atoms with E-state index < -0.39 is 29.2 Å². The summed E-state index contributed by atoms with van der Waals surface area (Å²) in [6.45, 7) is 4.34. The van der Waals surface area contributed by atoms with Crippen molar-refractivity contribution in [1.29, 1.82) is 0 Å². The molecule has 2 unspecified atom stereocenters. The SMILES string of the molecule is CC1CN(c2c(F)c(F)nc(F)c2F)CC(C)N1C. The van der Waals surface area contributed by atoms with E-state index in [0.29, 0.717) is 0 Å². The molecular formula is C12H15F4N3. The van der Waals surface area contributed by atoms with Crippen LogP contribution in [0.2, 0.25) is 0 Å². The maximum absolute atomic E-state index is 13.7. The summed E-state index contributed by atoms with van der Waals surface area (Å²) in [7, 11) is 1.90. The summed E-state index contributed by atoms with van der Waals surface area (Å²) in [5.41, 5.74) is -0.670. The first-order chi connectivity index (χ1) is 8.82. The van der Waals surface area contributed by atoms with Crippen LogP contribution in [0.3, 0.4) is 0 Å². The van der Waals surface area contributed by atoms with Crippen molar-refractivity contribution in [3.05, 3.63) is 23.5 Å². The summed E-state index contributed by atoms with van der Waals surface area (Å²) >= 11 is 0. The summed E-state index contributed by atoms with van der Waals surface area (Å²) < 4.78 is 53.6. The van der Waals surface area contributed by atoms with Gasteiger partial charge in [0.1, 0.15) is 5.69 Å². The maximum atomic E-state index is 13.7. The number of aromatic nitrogens is 1. The molecule has 0 N–H and O–H groups in total. The molecule has 1 fully saturated rings. The van der Waals surface area contributed by atoms with Gasteiger partial charge >= 0.3 is 0 Å². The van der Waals surface area contributed by atoms with Gasteiger partial charge in [-0.3, -0.25) is 4.90 Å². The number of halogens is 4. The van der Waals surface area contributed by atoms with Crippen molar-refractivity contribution in [3.63, 3.8) is 0 Å². The van der Waals surface area contributed by atoms with Crippen LogP contribution in [0.4, 0.5) is 23.2 Å². The Labute approximate surface area is 108 Å². The summed E-state index contributed by atoms with van der Waals surface area (Å²) in [4.78, 5) is 5.93. The van der Waals surface area contributed by atoms with Crippen LogP contribution in [0.15, 0.2) is 0 Å². The molecule has 0 saturated carbocycles. The quantitative estimate of drug-likeness (QED) is 0.579. The Morgan fingerprint density at radius 3 is 1.79 bits per heavy atom. The van der Waals surface area contributed by atoms with Gasteiger partial charge in [-0.15, -0.1) is 0 Å². The van der Waals surface area contributed by atoms with Crippen molar-refractivity contribution in [2.75, 3.05) is 25.0 Å². The lowest BCUT2D eigenvalue weighted by Crippen LogP contribution is -2.55. The Morgan fingerprint density at radius 1 is 0.947 bits per heavy atom. The second-order valence-corrected chi connectivity index (χ2v) is 4.94. The fourth-order valence-electron chi connectivity index (χ4n) is 2.34. The lowest BCUT2D eigenvalue weighted by molar-refractivity contribution is 0.168. The van der Waals surface area contributed by atoms with E-state index >= 15 is 0 Å². The van der Waals surface area contributed by atoms with Crippen LogP contribution in [0.1, 0.15) is 13.8 Å². The van der Waals surface area contributed by atoms with Crippen molar-refractivity contribution in [1.82, 2.24) is 9.88 Å². The van der Waals surface area contributed by atoms with E-state index in [1.165, 1.54) is 4.90 Å². The van der Waals surface area contributed by atoms with Crippen molar-refractivity contribution in [2.24, 2.45) is 0 Å². The van der Waals surface area contributed by atoms with Crippen molar-refractivity contribution >= 4 is 5.69 Å². The first-order valence-corrected chi connectivity index (χ1v) is 5.99. The van der Waals surface area contributed by atoms with E-state index in [1.54, 1.807) is 0 Å². The average molecular weight is 277 g/mol. The third-order valence-corrected chi connectivity index (χ3v) is 3.65. The van der Waals surface area contributed by atoms with Crippen LogP contribution in [-0.4, -0.2) is 42.1 Å². The lowest BCUT2D eigenvalue weighted by atomic mass is 10.1. The molecule has 106 valence electrons. The van der Waals surface area contributed by atoms with Gasteiger partial charge < -0.3 is 4.90 Å². The molecule has 1 aliphatic rings. The highest BCUT2D eigenvalue weighted by Gasteiger charge is 2.32. The molecule has 0 aliphatic carbocycles. The largest absolute Gasteiger partial charge is 0.363 e. The predicted molar refractivity (Wildman–Crippen MR) is 63.0 cm³/mol. The van der Waals surface area contributed by atoms with Crippen LogP contribution in [0.25, 0.3) is 0 Å². The van der Waals surface area contributed by atoms with Gasteiger partial charge in [-0.25, -0.2) is 0 Å². The highest BCUT2D eigenvalue weighted by molar-refractivity contribution is 5.49. The van der Waals surface area contributed by atoms with Gasteiger partial charge in [-0.05, 0) is 20.9 Å². The number of hydrogen-bond donors (Lipinski definition) is 0. The van der Waals surface area contributed by atoms with Gasteiger partial charge in [0.2, 0.25) is 11.6 Å². The van der Waals surface area contributed by atoms with Crippen molar-refractivity contribution < 1.29 is 17.6 Å². The van der Waals surface area contributed by atoms with Crippen LogP contribution in [0.5, 0.6) is 0 Å². The monoisotopic (exact) mass is 277 g/mol. The molecule has 19 heavy (non-hydrogen) atoms. The molecule has 0 amide bonds. The number of hydrogen-bond acceptors (Lipinski definition) is 3. The molecule has 1 aliphatic heterocycles. The zero-order valence-corrected chi connectivity index (χ0v) is 10.9. The van der Waals surface area contributed by atoms with Crippen molar-refractivity contribution in [2.45, 2.75) is 25.9 Å². The Bertz CT molecular complexity index is 456. The lowest BCUT2D eigenvalue weighted by Gasteiger charge is -2.43. The molecule has 0 spiro atoms. The van der Waals surface area contributed by atoms with Gasteiger partial charge in [-0.2, -0.15) is 22.5 Å². The summed E-state index contributed by atoms with van der Waals surface area (Å²) in [6, 6.07) is 0.0312. The van der Waals surface area contributed by atoms with Gasteiger partial charge in [0, 0.05) is 25.2 Å². The van der Waals surface area contributed by atoms with E-state index in [1.807, 2.05) is 25.8 Å². The molecule has 3 nitrogen and oxygen atoms in total. The first kappa shape index (κ1) is 14.0. The maximum Gasteiger partial charge on any atom is 0.253 e. The summed E-state index contributed by atoms with van der Waals surface area (Å²) in [5.74, 6) is -6.12. The van der Waals surface area contributed by atoms with Crippen LogP contribution < -0.4 is 4.90 Å². The molecule has 1 saturated heterocycles. The molecule has 2 atom stereocenters. The molecule has 2 rings (SSSR count). The Kier molecular flexibility index (Phi) is 3.66. The third kappa shape index (κ3) is 2.39. The second kappa shape index (κ2) is 4.96. The highest BCUT2D eigenvalue weighted by atomic mass is 19.2. The number of rotatable bonds is 1. The van der Waals surface area contributed by atoms with Crippen LogP contribution in [-0.2, 0) is 0 Å². The molecule has 1 aromatic rings. The molecule has 0 bridgehead atoms. The Hall–Kier alpha value is -1.37. The van der Waals surface area contributed by atoms with E-state index in [2.05, 4.69) is 4.98 Å². The zero-order valence-electron chi connectivity index (χ0n) is 10.9. The number of piperazine rings is 1. The zero-order chi connectivity index (χ0) is 14.3. The fourth-order valence-corrected chi connectivity index (χ4v) is 2.34. The molecule has 1 aromatic heterocycles. The Balaban J connectivity index is 2.42. The minimum absolute atomic E-state index is 0.0156. The summed E-state index contributed by atoms with van der Waals surface area (Å²) in [6.07, 6.45) is 0. The topological polar surface area (TPSA) is 19.4 Å². The van der Waals surface area contributed by atoms with E-state index in [-0.39, 0.29) is 25.2 Å². The Morgan fingerprint density at radius 2 is 1.37 bits per heavy atom. The van der Waals surface area contributed by atoms with Gasteiger partial charge in [0.25, 0.3) is 11.9 Å². The van der Waals surface area contributed by atoms with Crippen LogP contribution in [0, 0.1) is 23.5 Å². The first-order valence-electron chi connectivity index (χ1n) is 5.99. The molecule has 0 radical (unpaired) electrons. The van der Waals surface area contributed by atoms with Crippen molar-refractivity contribution in [3.8, 4) is 0 Å². The molecular weight excluding hydrogens is 262 g/mol. The second-order valence-electron chi connectivity index (χ2n) is 4.94. The van der Waals surface area contributed by atoms with Gasteiger partial charge in [0.05, 0.1) is 0 Å². The molecule has 7 heteroatoms. The number of anilines is 1. The highest BCUT2D eigenvalue weighted by Crippen LogP contribution is 2.29. The average Bonchev–Trinajstić information content (AvgIpc) is 2.34. The minimum Gasteiger partial charge on any atom is -0.363 e. The molecule has 2 heterocycles. The molecule has 0 aromatic carbocycles. The smallest absolute Gasteiger partial charge is 0.253 e. The minimum atomic E-state index is -1.62. The van der Waals surface area contributed by atoms with Crippen LogP contribution >= 0.6 is 0 Å². The van der Waals surface area contributed by atoms with E-state index in [9.17, 15) is 17.6 Å². The van der Waals surface area contributed by atoms with Gasteiger partial charge in [0.15, 0.2) is 0 Å². The van der Waals surface area contributed by atoms with Gasteiger partial charge in [-0.1, -0.05) is 0 Å². The summed E-state index contributed by atoms with van der Waals surface area (Å²) in [5, 5.41) is 0. The third-order valence-electron chi connectivity index (χ3n) is 3.65.